The van der Waals surface area contributed by atoms with E-state index in [9.17, 15) is 4.79 Å². The number of carboxylic acid groups (broad SMARTS) is 1. The molecule has 1 atom stereocenters. The van der Waals surface area contributed by atoms with Crippen molar-refractivity contribution in [2.75, 3.05) is 21.3 Å². The van der Waals surface area contributed by atoms with Gasteiger partial charge in [-0.3, -0.25) is 4.79 Å². The molecule has 5 heteroatoms. The van der Waals surface area contributed by atoms with E-state index in [1.54, 1.807) is 13.2 Å². The molecule has 0 amide bonds. The summed E-state index contributed by atoms with van der Waals surface area (Å²) in [6.45, 7) is 1.85. The van der Waals surface area contributed by atoms with E-state index in [4.69, 9.17) is 19.3 Å². The van der Waals surface area contributed by atoms with Crippen LogP contribution in [-0.4, -0.2) is 32.4 Å². The summed E-state index contributed by atoms with van der Waals surface area (Å²) in [5.41, 5.74) is 0.800. The molecule has 106 valence electrons. The number of hydrogen-bond donors (Lipinski definition) is 1. The molecule has 5 nitrogen and oxygen atoms in total. The lowest BCUT2D eigenvalue weighted by molar-refractivity contribution is -0.141. The van der Waals surface area contributed by atoms with Crippen LogP contribution in [0.1, 0.15) is 18.9 Å². The fourth-order valence-corrected chi connectivity index (χ4v) is 2.00. The molecule has 19 heavy (non-hydrogen) atoms. The largest absolute Gasteiger partial charge is 0.493 e. The highest BCUT2D eigenvalue weighted by atomic mass is 16.5. The van der Waals surface area contributed by atoms with Gasteiger partial charge in [-0.25, -0.2) is 0 Å². The smallest absolute Gasteiger partial charge is 0.306 e. The number of hydrogen-bond acceptors (Lipinski definition) is 4. The van der Waals surface area contributed by atoms with Crippen LogP contribution in [0.25, 0.3) is 0 Å². The molecule has 0 aliphatic carbocycles. The second-order valence-electron chi connectivity index (χ2n) is 4.14. The number of rotatable bonds is 7. The van der Waals surface area contributed by atoms with E-state index >= 15 is 0 Å². The Morgan fingerprint density at radius 2 is 1.79 bits per heavy atom. The van der Waals surface area contributed by atoms with Crippen molar-refractivity contribution >= 4 is 5.97 Å². The Labute approximate surface area is 113 Å². The van der Waals surface area contributed by atoms with Crippen LogP contribution in [0.4, 0.5) is 0 Å². The zero-order valence-electron chi connectivity index (χ0n) is 11.7. The van der Waals surface area contributed by atoms with Gasteiger partial charge >= 0.3 is 5.97 Å². The third-order valence-electron chi connectivity index (χ3n) is 3.09. The van der Waals surface area contributed by atoms with Gasteiger partial charge < -0.3 is 19.3 Å². The molecule has 0 bridgehead atoms. The third kappa shape index (κ3) is 3.30. The molecule has 0 fully saturated rings. The van der Waals surface area contributed by atoms with Gasteiger partial charge in [0.1, 0.15) is 0 Å². The van der Waals surface area contributed by atoms with Crippen molar-refractivity contribution in [3.05, 3.63) is 17.7 Å². The molecule has 0 heterocycles. The second kappa shape index (κ2) is 6.87. The lowest BCUT2D eigenvalue weighted by Crippen LogP contribution is -2.16. The minimum Gasteiger partial charge on any atom is -0.493 e. The zero-order chi connectivity index (χ0) is 14.4. The number of ether oxygens (including phenoxy) is 3. The van der Waals surface area contributed by atoms with Gasteiger partial charge in [-0.15, -0.1) is 0 Å². The monoisotopic (exact) mass is 268 g/mol. The van der Waals surface area contributed by atoms with Crippen molar-refractivity contribution in [2.45, 2.75) is 19.8 Å². The molecule has 0 saturated carbocycles. The summed E-state index contributed by atoms with van der Waals surface area (Å²) in [5.74, 6) is 0.335. The lowest BCUT2D eigenvalue weighted by atomic mass is 9.96. The van der Waals surface area contributed by atoms with E-state index in [0.717, 1.165) is 5.56 Å². The van der Waals surface area contributed by atoms with Gasteiger partial charge in [0.15, 0.2) is 11.5 Å². The predicted octanol–water partition coefficient (Wildman–Crippen LogP) is 2.37. The molecule has 0 aromatic heterocycles. The molecule has 1 aromatic rings. The summed E-state index contributed by atoms with van der Waals surface area (Å²) in [5, 5.41) is 9.13. The molecule has 1 unspecified atom stereocenters. The van der Waals surface area contributed by atoms with Crippen LogP contribution in [0.3, 0.4) is 0 Å². The van der Waals surface area contributed by atoms with Crippen molar-refractivity contribution < 1.29 is 24.1 Å². The van der Waals surface area contributed by atoms with Gasteiger partial charge in [-0.05, 0) is 24.5 Å². The minimum atomic E-state index is -0.806. The third-order valence-corrected chi connectivity index (χ3v) is 3.09. The van der Waals surface area contributed by atoms with Crippen molar-refractivity contribution in [1.82, 2.24) is 0 Å². The standard InChI is InChI=1S/C14H20O5/c1-5-9(14(15)16)8-10-6-7-11(17-2)13(19-4)12(10)18-3/h6-7,9H,5,8H2,1-4H3,(H,15,16). The number of carboxylic acids is 1. The van der Waals surface area contributed by atoms with E-state index in [2.05, 4.69) is 0 Å². The highest BCUT2D eigenvalue weighted by Gasteiger charge is 2.21. The molecule has 0 aliphatic heterocycles. The first-order chi connectivity index (χ1) is 9.08. The molecular formula is C14H20O5. The molecule has 0 aliphatic rings. The Bertz CT molecular complexity index is 442. The minimum absolute atomic E-state index is 0.398. The quantitative estimate of drug-likeness (QED) is 0.822. The number of benzene rings is 1. The first kappa shape index (κ1) is 15.1. The Morgan fingerprint density at radius 1 is 1.16 bits per heavy atom. The topological polar surface area (TPSA) is 65.0 Å². The maximum Gasteiger partial charge on any atom is 0.306 e. The SMILES string of the molecule is CCC(Cc1ccc(OC)c(OC)c1OC)C(=O)O. The van der Waals surface area contributed by atoms with Crippen molar-refractivity contribution in [3.8, 4) is 17.2 Å². The second-order valence-corrected chi connectivity index (χ2v) is 4.14. The number of methoxy groups -OCH3 is 3. The van der Waals surface area contributed by atoms with E-state index in [1.165, 1.54) is 14.2 Å². The van der Waals surface area contributed by atoms with Crippen LogP contribution in [0, 0.1) is 5.92 Å². The first-order valence-electron chi connectivity index (χ1n) is 6.09. The van der Waals surface area contributed by atoms with Crippen molar-refractivity contribution in [1.29, 1.82) is 0 Å². The van der Waals surface area contributed by atoms with Crippen LogP contribution in [0.2, 0.25) is 0 Å². The normalized spacial score (nSPS) is 11.8. The van der Waals surface area contributed by atoms with E-state index in [1.807, 2.05) is 13.0 Å². The fourth-order valence-electron chi connectivity index (χ4n) is 2.00. The van der Waals surface area contributed by atoms with Crippen LogP contribution < -0.4 is 14.2 Å². The van der Waals surface area contributed by atoms with Gasteiger partial charge in [0.05, 0.1) is 27.2 Å². The molecule has 1 aromatic carbocycles. The molecular weight excluding hydrogens is 248 g/mol. The zero-order valence-corrected chi connectivity index (χ0v) is 11.7. The van der Waals surface area contributed by atoms with Crippen LogP contribution in [-0.2, 0) is 11.2 Å². The van der Waals surface area contributed by atoms with Gasteiger partial charge in [0.25, 0.3) is 0 Å². The van der Waals surface area contributed by atoms with Crippen molar-refractivity contribution in [3.63, 3.8) is 0 Å². The molecule has 1 N–H and O–H groups in total. The maximum atomic E-state index is 11.1. The lowest BCUT2D eigenvalue weighted by Gasteiger charge is -2.17. The van der Waals surface area contributed by atoms with E-state index in [0.29, 0.717) is 30.1 Å². The summed E-state index contributed by atoms with van der Waals surface area (Å²) in [6, 6.07) is 3.57. The molecule has 0 radical (unpaired) electrons. The Hall–Kier alpha value is -1.91. The average Bonchev–Trinajstić information content (AvgIpc) is 2.42. The summed E-state index contributed by atoms with van der Waals surface area (Å²) < 4.78 is 15.8. The summed E-state index contributed by atoms with van der Waals surface area (Å²) >= 11 is 0. The summed E-state index contributed by atoms with van der Waals surface area (Å²) in [7, 11) is 4.60. The van der Waals surface area contributed by atoms with Gasteiger partial charge in [-0.1, -0.05) is 13.0 Å². The molecule has 0 spiro atoms. The van der Waals surface area contributed by atoms with Crippen LogP contribution in [0.15, 0.2) is 12.1 Å². The fraction of sp³-hybridized carbons (Fsp3) is 0.500. The number of carbonyl (C=O) groups is 1. The highest BCUT2D eigenvalue weighted by molar-refractivity contribution is 5.71. The summed E-state index contributed by atoms with van der Waals surface area (Å²) in [6.07, 6.45) is 0.961. The van der Waals surface area contributed by atoms with Crippen LogP contribution >= 0.6 is 0 Å². The van der Waals surface area contributed by atoms with E-state index in [-0.39, 0.29) is 0 Å². The Balaban J connectivity index is 3.17. The average molecular weight is 268 g/mol. The molecule has 0 saturated heterocycles. The Morgan fingerprint density at radius 3 is 2.21 bits per heavy atom. The Kier molecular flexibility index (Phi) is 5.48. The van der Waals surface area contributed by atoms with Gasteiger partial charge in [0.2, 0.25) is 5.75 Å². The summed E-state index contributed by atoms with van der Waals surface area (Å²) in [4.78, 5) is 11.1. The predicted molar refractivity (Wildman–Crippen MR) is 71.2 cm³/mol. The van der Waals surface area contributed by atoms with Crippen LogP contribution in [0.5, 0.6) is 17.2 Å². The van der Waals surface area contributed by atoms with Gasteiger partial charge in [-0.2, -0.15) is 0 Å². The highest BCUT2D eigenvalue weighted by Crippen LogP contribution is 2.40. The number of aliphatic carboxylic acids is 1. The van der Waals surface area contributed by atoms with Gasteiger partial charge in [0, 0.05) is 0 Å². The van der Waals surface area contributed by atoms with Crippen molar-refractivity contribution in [2.24, 2.45) is 5.92 Å². The van der Waals surface area contributed by atoms with E-state index < -0.39 is 11.9 Å². The first-order valence-corrected chi connectivity index (χ1v) is 6.09. The molecule has 1 rings (SSSR count). The maximum absolute atomic E-state index is 11.1.